The Morgan fingerprint density at radius 2 is 2.15 bits per heavy atom. The third-order valence-corrected chi connectivity index (χ3v) is 4.68. The van der Waals surface area contributed by atoms with E-state index in [0.717, 1.165) is 18.4 Å². The molecule has 1 unspecified atom stereocenters. The first-order valence-corrected chi connectivity index (χ1v) is 8.67. The Labute approximate surface area is 149 Å². The van der Waals surface area contributed by atoms with Crippen LogP contribution in [-0.2, 0) is 30.8 Å². The van der Waals surface area contributed by atoms with Gasteiger partial charge >= 0.3 is 5.69 Å². The van der Waals surface area contributed by atoms with Crippen LogP contribution in [0.1, 0.15) is 24.2 Å². The molecular formula is C17H21N5O4. The molecule has 1 amide bonds. The maximum absolute atomic E-state index is 12.4. The molecule has 2 aliphatic rings. The molecule has 0 spiro atoms. The number of aryl methyl sites for hydroxylation is 1. The lowest BCUT2D eigenvalue weighted by atomic mass is 10.1. The van der Waals surface area contributed by atoms with E-state index in [4.69, 9.17) is 15.2 Å². The molecule has 0 saturated carbocycles. The van der Waals surface area contributed by atoms with Gasteiger partial charge in [-0.2, -0.15) is 5.10 Å². The van der Waals surface area contributed by atoms with Gasteiger partial charge in [-0.1, -0.05) is 6.07 Å². The largest absolute Gasteiger partial charge is 0.454 e. The second-order valence-electron chi connectivity index (χ2n) is 6.56. The van der Waals surface area contributed by atoms with Gasteiger partial charge in [0, 0.05) is 25.6 Å². The molecular weight excluding hydrogens is 338 g/mol. The zero-order chi connectivity index (χ0) is 18.1. The average Bonchev–Trinajstić information content (AvgIpc) is 3.15. The van der Waals surface area contributed by atoms with E-state index in [-0.39, 0.29) is 31.0 Å². The molecule has 0 radical (unpaired) electrons. The number of fused-ring (bicyclic) bond motifs is 2. The van der Waals surface area contributed by atoms with Crippen molar-refractivity contribution < 1.29 is 14.3 Å². The van der Waals surface area contributed by atoms with Crippen LogP contribution in [0.5, 0.6) is 11.5 Å². The van der Waals surface area contributed by atoms with Crippen LogP contribution < -0.4 is 26.2 Å². The van der Waals surface area contributed by atoms with E-state index in [1.807, 2.05) is 18.2 Å². The number of rotatable bonds is 4. The number of carbonyl (C=O) groups excluding carboxylic acids is 1. The third kappa shape index (κ3) is 3.30. The van der Waals surface area contributed by atoms with E-state index in [1.165, 1.54) is 4.68 Å². The Balaban J connectivity index is 1.38. The highest BCUT2D eigenvalue weighted by atomic mass is 16.7. The maximum Gasteiger partial charge on any atom is 0.346 e. The first-order chi connectivity index (χ1) is 12.6. The number of benzene rings is 1. The molecule has 1 aromatic carbocycles. The van der Waals surface area contributed by atoms with Crippen molar-refractivity contribution in [2.45, 2.75) is 44.9 Å². The number of nitrogens with zero attached hydrogens (tertiary/aromatic N) is 3. The fourth-order valence-corrected chi connectivity index (χ4v) is 3.20. The van der Waals surface area contributed by atoms with Gasteiger partial charge in [-0.05, 0) is 30.5 Å². The monoisotopic (exact) mass is 359 g/mol. The van der Waals surface area contributed by atoms with Gasteiger partial charge in [0.2, 0.25) is 12.7 Å². The summed E-state index contributed by atoms with van der Waals surface area (Å²) in [7, 11) is 0. The summed E-state index contributed by atoms with van der Waals surface area (Å²) in [4.78, 5) is 24.6. The second kappa shape index (κ2) is 6.83. The van der Waals surface area contributed by atoms with E-state index < -0.39 is 0 Å². The fraction of sp³-hybridized carbons (Fsp3) is 0.471. The molecule has 1 atom stereocenters. The van der Waals surface area contributed by atoms with Crippen molar-refractivity contribution in [2.24, 2.45) is 5.73 Å². The van der Waals surface area contributed by atoms with Gasteiger partial charge < -0.3 is 20.5 Å². The van der Waals surface area contributed by atoms with Gasteiger partial charge in [0.15, 0.2) is 11.5 Å². The molecule has 4 rings (SSSR count). The number of hydrogen-bond acceptors (Lipinski definition) is 6. The summed E-state index contributed by atoms with van der Waals surface area (Å²) in [5.74, 6) is 1.80. The van der Waals surface area contributed by atoms with Crippen molar-refractivity contribution in [3.63, 3.8) is 0 Å². The molecule has 0 bridgehead atoms. The molecule has 1 aromatic heterocycles. The van der Waals surface area contributed by atoms with Crippen molar-refractivity contribution in [2.75, 3.05) is 6.79 Å². The first kappa shape index (κ1) is 16.6. The summed E-state index contributed by atoms with van der Waals surface area (Å²) >= 11 is 0. The van der Waals surface area contributed by atoms with Crippen LogP contribution in [0.25, 0.3) is 0 Å². The van der Waals surface area contributed by atoms with Crippen LogP contribution in [0.2, 0.25) is 0 Å². The molecule has 2 aliphatic heterocycles. The minimum Gasteiger partial charge on any atom is -0.454 e. The number of hydrogen-bond donors (Lipinski definition) is 2. The molecule has 2 aromatic rings. The molecule has 0 aliphatic carbocycles. The van der Waals surface area contributed by atoms with Gasteiger partial charge in [0.25, 0.3) is 0 Å². The maximum atomic E-state index is 12.4. The molecule has 9 heteroatoms. The van der Waals surface area contributed by atoms with Gasteiger partial charge in [-0.15, -0.1) is 0 Å². The van der Waals surface area contributed by atoms with E-state index in [1.54, 1.807) is 4.57 Å². The lowest BCUT2D eigenvalue weighted by Gasteiger charge is -2.07. The van der Waals surface area contributed by atoms with Gasteiger partial charge in [-0.25, -0.2) is 9.48 Å². The van der Waals surface area contributed by atoms with E-state index in [2.05, 4.69) is 10.4 Å². The molecule has 3 heterocycles. The Morgan fingerprint density at radius 3 is 3.04 bits per heavy atom. The van der Waals surface area contributed by atoms with E-state index in [9.17, 15) is 9.59 Å². The number of carbonyl (C=O) groups is 1. The summed E-state index contributed by atoms with van der Waals surface area (Å²) < 4.78 is 13.4. The van der Waals surface area contributed by atoms with Crippen molar-refractivity contribution >= 4 is 5.91 Å². The third-order valence-electron chi connectivity index (χ3n) is 4.68. The topological polar surface area (TPSA) is 113 Å². The van der Waals surface area contributed by atoms with Crippen LogP contribution in [-0.4, -0.2) is 33.1 Å². The number of ether oxygens (including phenoxy) is 2. The molecule has 0 fully saturated rings. The van der Waals surface area contributed by atoms with E-state index >= 15 is 0 Å². The quantitative estimate of drug-likeness (QED) is 0.778. The van der Waals surface area contributed by atoms with Crippen LogP contribution in [0.3, 0.4) is 0 Å². The van der Waals surface area contributed by atoms with Crippen LogP contribution in [0.15, 0.2) is 23.0 Å². The predicted molar refractivity (Wildman–Crippen MR) is 91.8 cm³/mol. The summed E-state index contributed by atoms with van der Waals surface area (Å²) in [6.45, 7) is 1.00. The Morgan fingerprint density at radius 1 is 1.31 bits per heavy atom. The second-order valence-corrected chi connectivity index (χ2v) is 6.56. The highest BCUT2D eigenvalue weighted by molar-refractivity contribution is 5.75. The van der Waals surface area contributed by atoms with Gasteiger partial charge in [0.1, 0.15) is 12.4 Å². The minimum atomic E-state index is -0.269. The molecule has 0 saturated heterocycles. The van der Waals surface area contributed by atoms with Crippen molar-refractivity contribution in [3.05, 3.63) is 40.1 Å². The summed E-state index contributed by atoms with van der Waals surface area (Å²) in [5.41, 5.74) is 6.58. The number of nitrogens with two attached hydrogens (primary N) is 1. The number of aromatic nitrogens is 3. The molecule has 9 nitrogen and oxygen atoms in total. The SMILES string of the molecule is NC1CCc2nn(CC(=O)NCc3ccc4c(c3)OCO4)c(=O)n2CC1. The highest BCUT2D eigenvalue weighted by Crippen LogP contribution is 2.32. The smallest absolute Gasteiger partial charge is 0.346 e. The highest BCUT2D eigenvalue weighted by Gasteiger charge is 2.20. The molecule has 3 N–H and O–H groups in total. The average molecular weight is 359 g/mol. The minimum absolute atomic E-state index is 0.0922. The zero-order valence-electron chi connectivity index (χ0n) is 14.3. The van der Waals surface area contributed by atoms with Crippen LogP contribution in [0, 0.1) is 0 Å². The summed E-state index contributed by atoms with van der Waals surface area (Å²) in [6.07, 6.45) is 2.20. The Hall–Kier alpha value is -2.81. The van der Waals surface area contributed by atoms with Crippen molar-refractivity contribution in [3.8, 4) is 11.5 Å². The van der Waals surface area contributed by atoms with Crippen molar-refractivity contribution in [1.82, 2.24) is 19.7 Å². The predicted octanol–water partition coefficient (Wildman–Crippen LogP) is -0.247. The standard InChI is InChI=1S/C17H21N5O4/c18-12-2-4-15-20-22(17(24)21(15)6-5-12)9-16(23)19-8-11-1-3-13-14(7-11)26-10-25-13/h1,3,7,12H,2,4-6,8-10,18H2,(H,19,23). The fourth-order valence-electron chi connectivity index (χ4n) is 3.20. The van der Waals surface area contributed by atoms with Crippen LogP contribution in [0.4, 0.5) is 0 Å². The normalized spacial score (nSPS) is 18.3. The Kier molecular flexibility index (Phi) is 4.37. The lowest BCUT2D eigenvalue weighted by molar-refractivity contribution is -0.122. The summed E-state index contributed by atoms with van der Waals surface area (Å²) in [5, 5.41) is 7.10. The van der Waals surface area contributed by atoms with Crippen LogP contribution >= 0.6 is 0 Å². The van der Waals surface area contributed by atoms with Gasteiger partial charge in [0.05, 0.1) is 0 Å². The first-order valence-electron chi connectivity index (χ1n) is 8.67. The van der Waals surface area contributed by atoms with Crippen molar-refractivity contribution in [1.29, 1.82) is 0 Å². The Bertz CT molecular complexity index is 888. The number of amides is 1. The lowest BCUT2D eigenvalue weighted by Crippen LogP contribution is -2.34. The molecule has 138 valence electrons. The van der Waals surface area contributed by atoms with Gasteiger partial charge in [-0.3, -0.25) is 9.36 Å². The zero-order valence-corrected chi connectivity index (χ0v) is 14.3. The van der Waals surface area contributed by atoms with E-state index in [0.29, 0.717) is 36.8 Å². The molecule has 26 heavy (non-hydrogen) atoms. The summed E-state index contributed by atoms with van der Waals surface area (Å²) in [6, 6.07) is 5.60. The number of nitrogens with one attached hydrogen (secondary N) is 1.